The predicted octanol–water partition coefficient (Wildman–Crippen LogP) is 1.85. The second-order valence-electron chi connectivity index (χ2n) is 6.39. The second kappa shape index (κ2) is 5.98. The number of nitrogens with zero attached hydrogens (tertiary/aromatic N) is 4. The summed E-state index contributed by atoms with van der Waals surface area (Å²) in [7, 11) is 1.88. The van der Waals surface area contributed by atoms with Crippen LogP contribution >= 0.6 is 0 Å². The normalized spacial score (nSPS) is 17.0. The van der Waals surface area contributed by atoms with Crippen LogP contribution in [0, 0.1) is 11.5 Å². The molecule has 1 atom stereocenters. The van der Waals surface area contributed by atoms with Gasteiger partial charge in [0.2, 0.25) is 0 Å². The van der Waals surface area contributed by atoms with E-state index < -0.39 is 0 Å². The van der Waals surface area contributed by atoms with E-state index in [1.807, 2.05) is 43.7 Å². The van der Waals surface area contributed by atoms with Crippen molar-refractivity contribution < 1.29 is 4.79 Å². The van der Waals surface area contributed by atoms with Gasteiger partial charge in [-0.05, 0) is 24.1 Å². The molecule has 2 aromatic heterocycles. The van der Waals surface area contributed by atoms with E-state index >= 15 is 0 Å². The monoisotopic (exact) mass is 334 g/mol. The van der Waals surface area contributed by atoms with E-state index in [0.717, 1.165) is 28.5 Å². The van der Waals surface area contributed by atoms with Gasteiger partial charge in [0.1, 0.15) is 5.69 Å². The summed E-state index contributed by atoms with van der Waals surface area (Å²) in [5.41, 5.74) is 3.53. The summed E-state index contributed by atoms with van der Waals surface area (Å²) in [5.74, 6) is -0.135. The fourth-order valence-electron chi connectivity index (χ4n) is 3.23. The van der Waals surface area contributed by atoms with Crippen molar-refractivity contribution in [1.82, 2.24) is 25.0 Å². The highest BCUT2D eigenvalue weighted by Gasteiger charge is 2.23. The molecule has 0 saturated carbocycles. The summed E-state index contributed by atoms with van der Waals surface area (Å²) in [5, 5.41) is 17.1. The van der Waals surface area contributed by atoms with E-state index in [1.165, 1.54) is 0 Å². The molecule has 4 rings (SSSR count). The molecule has 1 aliphatic heterocycles. The maximum absolute atomic E-state index is 12.5. The van der Waals surface area contributed by atoms with Gasteiger partial charge in [-0.3, -0.25) is 9.48 Å². The molecule has 2 N–H and O–H groups in total. The van der Waals surface area contributed by atoms with Gasteiger partial charge in [0.05, 0.1) is 6.20 Å². The van der Waals surface area contributed by atoms with Crippen molar-refractivity contribution >= 4 is 16.8 Å². The number of carbonyl (C=O) groups is 1. The standard InChI is InChI=1S/C18H18N6O/c1-23-9-14(8-20-23)12-2-3-13-7-17(22-16(13)6-12)18(25)21-15-4-5-24(10-15)11-19/h2-3,6-9,15,22H,4-5,10H2,1H3,(H,21,25). The van der Waals surface area contributed by atoms with Gasteiger partial charge in [-0.25, -0.2) is 0 Å². The molecule has 1 unspecified atom stereocenters. The van der Waals surface area contributed by atoms with E-state index in [9.17, 15) is 4.79 Å². The number of aromatic nitrogens is 3. The van der Waals surface area contributed by atoms with Gasteiger partial charge >= 0.3 is 0 Å². The third-order valence-electron chi connectivity index (χ3n) is 4.57. The van der Waals surface area contributed by atoms with Crippen molar-refractivity contribution in [3.63, 3.8) is 0 Å². The predicted molar refractivity (Wildman–Crippen MR) is 93.6 cm³/mol. The number of hydrogen-bond acceptors (Lipinski definition) is 4. The zero-order valence-electron chi connectivity index (χ0n) is 13.9. The first-order valence-corrected chi connectivity index (χ1v) is 8.20. The van der Waals surface area contributed by atoms with Crippen LogP contribution in [0.2, 0.25) is 0 Å². The highest BCUT2D eigenvalue weighted by molar-refractivity contribution is 5.99. The van der Waals surface area contributed by atoms with Crippen molar-refractivity contribution in [2.75, 3.05) is 13.1 Å². The molecule has 1 amide bonds. The van der Waals surface area contributed by atoms with Crippen LogP contribution in [0.4, 0.5) is 0 Å². The number of amides is 1. The van der Waals surface area contributed by atoms with Crippen LogP contribution in [0.15, 0.2) is 36.7 Å². The maximum atomic E-state index is 12.5. The van der Waals surface area contributed by atoms with Crippen molar-refractivity contribution in [3.8, 4) is 17.3 Å². The number of H-pyrrole nitrogens is 1. The number of nitrogens with one attached hydrogen (secondary N) is 2. The number of rotatable bonds is 3. The Morgan fingerprint density at radius 1 is 1.40 bits per heavy atom. The molecule has 3 heterocycles. The minimum absolute atomic E-state index is 0.0181. The molecule has 3 aromatic rings. The Hall–Kier alpha value is -3.27. The summed E-state index contributed by atoms with van der Waals surface area (Å²) in [6, 6.07) is 7.92. The van der Waals surface area contributed by atoms with E-state index in [1.54, 1.807) is 9.58 Å². The molecule has 25 heavy (non-hydrogen) atoms. The van der Waals surface area contributed by atoms with Gasteiger partial charge in [0, 0.05) is 48.8 Å². The number of aryl methyl sites for hydroxylation is 1. The average molecular weight is 334 g/mol. The van der Waals surface area contributed by atoms with Gasteiger partial charge in [0.25, 0.3) is 5.91 Å². The topological polar surface area (TPSA) is 89.7 Å². The second-order valence-corrected chi connectivity index (χ2v) is 6.39. The van der Waals surface area contributed by atoms with Crippen molar-refractivity contribution in [2.45, 2.75) is 12.5 Å². The fourth-order valence-corrected chi connectivity index (χ4v) is 3.23. The lowest BCUT2D eigenvalue weighted by molar-refractivity contribution is 0.0934. The van der Waals surface area contributed by atoms with Crippen LogP contribution < -0.4 is 5.32 Å². The third kappa shape index (κ3) is 2.94. The summed E-state index contributed by atoms with van der Waals surface area (Å²) in [6.07, 6.45) is 6.69. The van der Waals surface area contributed by atoms with Crippen LogP contribution in [-0.2, 0) is 7.05 Å². The average Bonchev–Trinajstić information content (AvgIpc) is 3.32. The summed E-state index contributed by atoms with van der Waals surface area (Å²) >= 11 is 0. The van der Waals surface area contributed by atoms with Gasteiger partial charge in [-0.1, -0.05) is 12.1 Å². The lowest BCUT2D eigenvalue weighted by atomic mass is 10.1. The molecule has 1 fully saturated rings. The Morgan fingerprint density at radius 3 is 3.00 bits per heavy atom. The molecule has 126 valence electrons. The van der Waals surface area contributed by atoms with Gasteiger partial charge in [-0.2, -0.15) is 10.4 Å². The molecule has 0 spiro atoms. The highest BCUT2D eigenvalue weighted by Crippen LogP contribution is 2.24. The quantitative estimate of drug-likeness (QED) is 0.715. The van der Waals surface area contributed by atoms with E-state index in [0.29, 0.717) is 18.8 Å². The fraction of sp³-hybridized carbons (Fsp3) is 0.278. The van der Waals surface area contributed by atoms with Crippen LogP contribution in [-0.4, -0.2) is 44.7 Å². The zero-order valence-corrected chi connectivity index (χ0v) is 13.9. The van der Waals surface area contributed by atoms with Gasteiger partial charge < -0.3 is 15.2 Å². The molecule has 1 aliphatic rings. The third-order valence-corrected chi connectivity index (χ3v) is 4.57. The molecule has 7 heteroatoms. The van der Waals surface area contributed by atoms with Crippen molar-refractivity contribution in [3.05, 3.63) is 42.4 Å². The molecule has 0 radical (unpaired) electrons. The van der Waals surface area contributed by atoms with Gasteiger partial charge in [-0.15, -0.1) is 0 Å². The Labute approximate surface area is 144 Å². The molecular formula is C18H18N6O. The highest BCUT2D eigenvalue weighted by atomic mass is 16.2. The minimum atomic E-state index is -0.135. The Morgan fingerprint density at radius 2 is 2.28 bits per heavy atom. The van der Waals surface area contributed by atoms with Crippen LogP contribution in [0.3, 0.4) is 0 Å². The number of benzene rings is 1. The molecule has 7 nitrogen and oxygen atoms in total. The SMILES string of the molecule is Cn1cc(-c2ccc3cc(C(=O)NC4CCN(C#N)C4)[nH]c3c2)cn1. The molecular weight excluding hydrogens is 316 g/mol. The Bertz CT molecular complexity index is 979. The number of likely N-dealkylation sites (tertiary alicyclic amines) is 1. The summed E-state index contributed by atoms with van der Waals surface area (Å²) in [4.78, 5) is 17.3. The first-order chi connectivity index (χ1) is 12.1. The summed E-state index contributed by atoms with van der Waals surface area (Å²) in [6.45, 7) is 1.27. The minimum Gasteiger partial charge on any atom is -0.351 e. The van der Waals surface area contributed by atoms with Gasteiger partial charge in [0.15, 0.2) is 6.19 Å². The number of hydrogen-bond donors (Lipinski definition) is 2. The lowest BCUT2D eigenvalue weighted by Gasteiger charge is -2.11. The Kier molecular flexibility index (Phi) is 3.65. The maximum Gasteiger partial charge on any atom is 0.268 e. The van der Waals surface area contributed by atoms with E-state index in [2.05, 4.69) is 21.6 Å². The first kappa shape index (κ1) is 15.3. The van der Waals surface area contributed by atoms with Crippen LogP contribution in [0.5, 0.6) is 0 Å². The smallest absolute Gasteiger partial charge is 0.268 e. The Balaban J connectivity index is 1.55. The summed E-state index contributed by atoms with van der Waals surface area (Å²) < 4.78 is 1.76. The number of aromatic amines is 1. The number of fused-ring (bicyclic) bond motifs is 1. The number of carbonyl (C=O) groups excluding carboxylic acids is 1. The van der Waals surface area contributed by atoms with E-state index in [4.69, 9.17) is 5.26 Å². The molecule has 0 aliphatic carbocycles. The molecule has 1 aromatic carbocycles. The number of nitriles is 1. The first-order valence-electron chi connectivity index (χ1n) is 8.20. The largest absolute Gasteiger partial charge is 0.351 e. The molecule has 0 bridgehead atoms. The van der Waals surface area contributed by atoms with Crippen LogP contribution in [0.1, 0.15) is 16.9 Å². The van der Waals surface area contributed by atoms with Crippen molar-refractivity contribution in [2.24, 2.45) is 7.05 Å². The van der Waals surface area contributed by atoms with Crippen LogP contribution in [0.25, 0.3) is 22.0 Å². The molecule has 1 saturated heterocycles. The van der Waals surface area contributed by atoms with E-state index in [-0.39, 0.29) is 11.9 Å². The zero-order chi connectivity index (χ0) is 17.4. The van der Waals surface area contributed by atoms with Crippen molar-refractivity contribution in [1.29, 1.82) is 5.26 Å². The lowest BCUT2D eigenvalue weighted by Crippen LogP contribution is -2.36.